The molecule has 0 bridgehead atoms. The summed E-state index contributed by atoms with van der Waals surface area (Å²) >= 11 is 16.4. The van der Waals surface area contributed by atoms with Crippen LogP contribution < -0.4 is 0 Å². The molecule has 0 saturated heterocycles. The fourth-order valence-electron chi connectivity index (χ4n) is 0.838. The zero-order valence-electron chi connectivity index (χ0n) is 6.75. The predicted molar refractivity (Wildman–Crippen MR) is 58.9 cm³/mol. The van der Waals surface area contributed by atoms with Gasteiger partial charge in [-0.1, -0.05) is 65.1 Å². The Morgan fingerprint density at radius 2 is 1.77 bits per heavy atom. The predicted octanol–water partition coefficient (Wildman–Crippen LogP) is 3.63. The highest BCUT2D eigenvalue weighted by atomic mass is 35.6. The molecular weight excluding hydrogens is 228 g/mol. The molecule has 0 aliphatic carbocycles. The van der Waals surface area contributed by atoms with Crippen molar-refractivity contribution in [1.29, 1.82) is 0 Å². The van der Waals surface area contributed by atoms with Crippen LogP contribution in [0.25, 0.3) is 0 Å². The largest absolute Gasteiger partial charge is 0.288 e. The van der Waals surface area contributed by atoms with Gasteiger partial charge < -0.3 is 0 Å². The Labute approximate surface area is 92.3 Å². The molecule has 0 aliphatic heterocycles. The minimum absolute atomic E-state index is 0.536. The molecule has 0 amide bonds. The maximum Gasteiger partial charge on any atom is 0.225 e. The number of halogens is 3. The van der Waals surface area contributed by atoms with Crippen LogP contribution in [0.2, 0.25) is 0 Å². The van der Waals surface area contributed by atoms with Crippen molar-refractivity contribution >= 4 is 41.0 Å². The summed E-state index contributed by atoms with van der Waals surface area (Å²) < 4.78 is -1.39. The van der Waals surface area contributed by atoms with Gasteiger partial charge in [0.05, 0.1) is 12.8 Å². The van der Waals surface area contributed by atoms with E-state index in [9.17, 15) is 0 Å². The Morgan fingerprint density at radius 3 is 2.31 bits per heavy atom. The lowest BCUT2D eigenvalue weighted by Crippen LogP contribution is -2.03. The molecule has 0 aliphatic rings. The number of nitrogens with zero attached hydrogens (tertiary/aromatic N) is 1. The number of alkyl halides is 3. The third-order valence-electron chi connectivity index (χ3n) is 1.35. The first-order chi connectivity index (χ1) is 6.08. The van der Waals surface area contributed by atoms with Crippen molar-refractivity contribution in [3.05, 3.63) is 35.9 Å². The second-order valence-corrected chi connectivity index (χ2v) is 4.87. The van der Waals surface area contributed by atoms with Gasteiger partial charge in [-0.3, -0.25) is 4.99 Å². The number of hydrogen-bond acceptors (Lipinski definition) is 1. The van der Waals surface area contributed by atoms with Gasteiger partial charge in [-0.05, 0) is 5.56 Å². The van der Waals surface area contributed by atoms with Crippen LogP contribution >= 0.6 is 34.8 Å². The minimum atomic E-state index is -1.39. The molecule has 1 nitrogen and oxygen atoms in total. The summed E-state index contributed by atoms with van der Waals surface area (Å²) in [5.74, 6) is 0. The molecule has 4 heteroatoms. The first-order valence-corrected chi connectivity index (χ1v) is 4.83. The molecular formula is C9H8Cl3N. The van der Waals surface area contributed by atoms with Gasteiger partial charge in [0.2, 0.25) is 3.79 Å². The van der Waals surface area contributed by atoms with Gasteiger partial charge in [-0.15, -0.1) is 0 Å². The Balaban J connectivity index is 2.49. The third kappa shape index (κ3) is 5.14. The van der Waals surface area contributed by atoms with E-state index in [0.717, 1.165) is 5.56 Å². The Bertz CT molecular complexity index is 277. The van der Waals surface area contributed by atoms with Crippen LogP contribution in [0, 0.1) is 0 Å². The van der Waals surface area contributed by atoms with E-state index in [-0.39, 0.29) is 0 Å². The van der Waals surface area contributed by atoms with Crippen molar-refractivity contribution in [3.8, 4) is 0 Å². The van der Waals surface area contributed by atoms with Crippen molar-refractivity contribution in [1.82, 2.24) is 0 Å². The minimum Gasteiger partial charge on any atom is -0.288 e. The van der Waals surface area contributed by atoms with Crippen LogP contribution in [0.3, 0.4) is 0 Å². The summed E-state index contributed by atoms with van der Waals surface area (Å²) in [5, 5.41) is 0. The molecule has 0 spiro atoms. The topological polar surface area (TPSA) is 12.4 Å². The molecule has 0 saturated carbocycles. The molecule has 1 aromatic rings. The van der Waals surface area contributed by atoms with Crippen molar-refractivity contribution in [2.24, 2.45) is 4.99 Å². The molecule has 1 rings (SSSR count). The summed E-state index contributed by atoms with van der Waals surface area (Å²) in [4.78, 5) is 3.99. The molecule has 0 aromatic heterocycles. The van der Waals surface area contributed by atoms with Crippen LogP contribution in [0.1, 0.15) is 5.56 Å². The molecule has 70 valence electrons. The summed E-state index contributed by atoms with van der Waals surface area (Å²) in [6, 6.07) is 9.77. The van der Waals surface area contributed by atoms with Crippen molar-refractivity contribution in [3.63, 3.8) is 0 Å². The van der Waals surface area contributed by atoms with Crippen LogP contribution in [0.4, 0.5) is 0 Å². The van der Waals surface area contributed by atoms with E-state index in [2.05, 4.69) is 4.99 Å². The molecule has 0 heterocycles. The summed E-state index contributed by atoms with van der Waals surface area (Å²) in [6.45, 7) is 0.536. The van der Waals surface area contributed by atoms with Crippen LogP contribution in [0.15, 0.2) is 35.3 Å². The molecule has 0 N–H and O–H groups in total. The fourth-order valence-corrected chi connectivity index (χ4v) is 1.05. The molecule has 0 atom stereocenters. The highest BCUT2D eigenvalue weighted by Gasteiger charge is 2.14. The highest BCUT2D eigenvalue weighted by Crippen LogP contribution is 2.23. The zero-order chi connectivity index (χ0) is 9.73. The Hall–Kier alpha value is -0.240. The lowest BCUT2D eigenvalue weighted by molar-refractivity contribution is 1.07. The molecule has 0 unspecified atom stereocenters. The second-order valence-electron chi connectivity index (χ2n) is 2.50. The SMILES string of the molecule is ClC(Cl)(Cl)C=NCc1ccccc1. The Kier molecular flexibility index (Phi) is 4.04. The molecule has 0 radical (unpaired) electrons. The van der Waals surface area contributed by atoms with Gasteiger partial charge in [0.25, 0.3) is 0 Å². The van der Waals surface area contributed by atoms with Crippen molar-refractivity contribution in [2.45, 2.75) is 10.3 Å². The maximum absolute atomic E-state index is 5.48. The van der Waals surface area contributed by atoms with E-state index in [1.54, 1.807) is 0 Å². The molecule has 0 fully saturated rings. The first kappa shape index (κ1) is 10.8. The summed E-state index contributed by atoms with van der Waals surface area (Å²) in [7, 11) is 0. The van der Waals surface area contributed by atoms with E-state index in [1.807, 2.05) is 30.3 Å². The van der Waals surface area contributed by atoms with Gasteiger partial charge in [-0.25, -0.2) is 0 Å². The number of aliphatic imine (C=N–C) groups is 1. The van der Waals surface area contributed by atoms with Crippen molar-refractivity contribution < 1.29 is 0 Å². The van der Waals surface area contributed by atoms with Gasteiger partial charge >= 0.3 is 0 Å². The van der Waals surface area contributed by atoms with Gasteiger partial charge in [0, 0.05) is 0 Å². The van der Waals surface area contributed by atoms with Gasteiger partial charge in [-0.2, -0.15) is 0 Å². The van der Waals surface area contributed by atoms with E-state index in [0.29, 0.717) is 6.54 Å². The van der Waals surface area contributed by atoms with Crippen LogP contribution in [-0.4, -0.2) is 10.0 Å². The molecule has 13 heavy (non-hydrogen) atoms. The number of hydrogen-bond donors (Lipinski definition) is 0. The van der Waals surface area contributed by atoms with Gasteiger partial charge in [0.15, 0.2) is 0 Å². The average Bonchev–Trinajstić information content (AvgIpc) is 2.04. The van der Waals surface area contributed by atoms with Crippen LogP contribution in [0.5, 0.6) is 0 Å². The van der Waals surface area contributed by atoms with Crippen molar-refractivity contribution in [2.75, 3.05) is 0 Å². The molecule has 1 aromatic carbocycles. The average molecular weight is 237 g/mol. The third-order valence-corrected chi connectivity index (χ3v) is 1.65. The summed E-state index contributed by atoms with van der Waals surface area (Å²) in [5.41, 5.74) is 1.09. The standard InChI is InChI=1S/C9H8Cl3N/c10-9(11,12)7-13-6-8-4-2-1-3-5-8/h1-5,7H,6H2. The van der Waals surface area contributed by atoms with E-state index in [1.165, 1.54) is 6.21 Å². The first-order valence-electron chi connectivity index (χ1n) is 3.69. The normalized spacial score (nSPS) is 12.2. The number of benzene rings is 1. The van der Waals surface area contributed by atoms with E-state index >= 15 is 0 Å². The zero-order valence-corrected chi connectivity index (χ0v) is 9.02. The maximum atomic E-state index is 5.48. The smallest absolute Gasteiger partial charge is 0.225 e. The quantitative estimate of drug-likeness (QED) is 0.549. The van der Waals surface area contributed by atoms with E-state index in [4.69, 9.17) is 34.8 Å². The summed E-state index contributed by atoms with van der Waals surface area (Å²) in [6.07, 6.45) is 1.31. The fraction of sp³-hybridized carbons (Fsp3) is 0.222. The van der Waals surface area contributed by atoms with Gasteiger partial charge in [0.1, 0.15) is 0 Å². The monoisotopic (exact) mass is 235 g/mol. The lowest BCUT2D eigenvalue weighted by Gasteiger charge is -2.01. The van der Waals surface area contributed by atoms with E-state index < -0.39 is 3.79 Å². The number of rotatable bonds is 2. The lowest BCUT2D eigenvalue weighted by atomic mass is 10.2. The van der Waals surface area contributed by atoms with Crippen LogP contribution in [-0.2, 0) is 6.54 Å². The highest BCUT2D eigenvalue weighted by molar-refractivity contribution is 6.74. The second kappa shape index (κ2) is 4.85. The Morgan fingerprint density at radius 1 is 1.15 bits per heavy atom.